The van der Waals surface area contributed by atoms with Crippen molar-refractivity contribution < 1.29 is 23.8 Å². The van der Waals surface area contributed by atoms with Crippen molar-refractivity contribution in [1.29, 1.82) is 0 Å². The molecule has 0 aliphatic rings. The minimum absolute atomic E-state index is 0.0927. The third-order valence-electron chi connectivity index (χ3n) is 1.77. The number of carbonyl (C=O) groups excluding carboxylic acids is 2. The fourth-order valence-electron chi connectivity index (χ4n) is 0.883. The first-order chi connectivity index (χ1) is 8.70. The smallest absolute Gasteiger partial charge is 0.259 e. The van der Waals surface area contributed by atoms with Gasteiger partial charge < -0.3 is 14.2 Å². The quantitative estimate of drug-likeness (QED) is 0.139. The molecule has 0 saturated carbocycles. The van der Waals surface area contributed by atoms with Crippen LogP contribution in [0.4, 0.5) is 0 Å². The van der Waals surface area contributed by atoms with Gasteiger partial charge in [0.2, 0.25) is 5.91 Å². The molecule has 0 spiro atoms. The topological polar surface area (TPSA) is 138 Å². The molecule has 9 heteroatoms. The molecular formula is C9H20N4O5. The first-order valence-corrected chi connectivity index (χ1v) is 5.42. The largest absolute Gasteiger partial charge is 0.379 e. The molecule has 0 atom stereocenters. The number of ether oxygens (including phenoxy) is 3. The van der Waals surface area contributed by atoms with Crippen molar-refractivity contribution in [3.8, 4) is 0 Å². The molecule has 0 bridgehead atoms. The molecule has 9 nitrogen and oxygen atoms in total. The van der Waals surface area contributed by atoms with Crippen LogP contribution in [0.25, 0.3) is 0 Å². The SMILES string of the molecule is NNC(=O)CCOCCOCCOCC(=O)NN. The van der Waals surface area contributed by atoms with E-state index in [0.29, 0.717) is 33.0 Å². The van der Waals surface area contributed by atoms with E-state index in [1.807, 2.05) is 10.9 Å². The lowest BCUT2D eigenvalue weighted by Gasteiger charge is -2.06. The van der Waals surface area contributed by atoms with Crippen molar-refractivity contribution in [2.24, 2.45) is 11.7 Å². The van der Waals surface area contributed by atoms with Gasteiger partial charge in [-0.2, -0.15) is 0 Å². The van der Waals surface area contributed by atoms with E-state index in [0.717, 1.165) is 0 Å². The monoisotopic (exact) mass is 264 g/mol. The highest BCUT2D eigenvalue weighted by Crippen LogP contribution is 1.84. The molecule has 0 aromatic carbocycles. The van der Waals surface area contributed by atoms with Crippen LogP contribution in [0.2, 0.25) is 0 Å². The molecule has 0 aromatic heterocycles. The van der Waals surface area contributed by atoms with Gasteiger partial charge in [0.05, 0.1) is 39.5 Å². The molecule has 0 aromatic rings. The highest BCUT2D eigenvalue weighted by molar-refractivity contribution is 5.76. The molecule has 2 amide bonds. The molecule has 6 N–H and O–H groups in total. The number of hydrogen-bond acceptors (Lipinski definition) is 7. The zero-order valence-electron chi connectivity index (χ0n) is 10.1. The number of carbonyl (C=O) groups is 2. The Balaban J connectivity index is 3.07. The molecule has 0 radical (unpaired) electrons. The summed E-state index contributed by atoms with van der Waals surface area (Å²) in [6.45, 7) is 1.61. The van der Waals surface area contributed by atoms with Crippen molar-refractivity contribution in [2.45, 2.75) is 6.42 Å². The highest BCUT2D eigenvalue weighted by Gasteiger charge is 1.98. The van der Waals surface area contributed by atoms with Gasteiger partial charge in [0.25, 0.3) is 5.91 Å². The predicted molar refractivity (Wildman–Crippen MR) is 61.7 cm³/mol. The third kappa shape index (κ3) is 11.2. The van der Waals surface area contributed by atoms with Gasteiger partial charge in [-0.05, 0) is 0 Å². The van der Waals surface area contributed by atoms with Gasteiger partial charge in [0.1, 0.15) is 6.61 Å². The highest BCUT2D eigenvalue weighted by atomic mass is 16.5. The number of nitrogens with two attached hydrogens (primary N) is 2. The van der Waals surface area contributed by atoms with Crippen molar-refractivity contribution in [3.63, 3.8) is 0 Å². The molecule has 0 heterocycles. The number of nitrogens with one attached hydrogen (secondary N) is 2. The Hall–Kier alpha value is -1.26. The fourth-order valence-corrected chi connectivity index (χ4v) is 0.883. The first kappa shape index (κ1) is 16.7. The average molecular weight is 264 g/mol. The molecule has 18 heavy (non-hydrogen) atoms. The summed E-state index contributed by atoms with van der Waals surface area (Å²) in [7, 11) is 0. The van der Waals surface area contributed by atoms with E-state index in [9.17, 15) is 9.59 Å². The summed E-state index contributed by atoms with van der Waals surface area (Å²) < 4.78 is 15.2. The van der Waals surface area contributed by atoms with E-state index in [1.165, 1.54) is 0 Å². The molecule has 0 aliphatic heterocycles. The van der Waals surface area contributed by atoms with Crippen LogP contribution < -0.4 is 22.5 Å². The Bertz CT molecular complexity index is 215. The van der Waals surface area contributed by atoms with Gasteiger partial charge in [-0.15, -0.1) is 0 Å². The van der Waals surface area contributed by atoms with Crippen molar-refractivity contribution in [1.82, 2.24) is 10.9 Å². The Labute approximate surface area is 105 Å². The van der Waals surface area contributed by atoms with Crippen LogP contribution in [0.5, 0.6) is 0 Å². The standard InChI is InChI=1S/C9H20N4O5/c10-12-8(14)1-2-16-3-4-17-5-6-18-7-9(15)13-11/h1-7,10-11H2,(H,12,14)(H,13,15). The summed E-state index contributed by atoms with van der Waals surface area (Å²) >= 11 is 0. The van der Waals surface area contributed by atoms with Crippen LogP contribution in [-0.2, 0) is 23.8 Å². The van der Waals surface area contributed by atoms with Gasteiger partial charge >= 0.3 is 0 Å². The summed E-state index contributed by atoms with van der Waals surface area (Å²) in [6, 6.07) is 0. The maximum Gasteiger partial charge on any atom is 0.259 e. The average Bonchev–Trinajstić information content (AvgIpc) is 2.40. The Morgan fingerprint density at radius 3 is 1.83 bits per heavy atom. The van der Waals surface area contributed by atoms with Crippen molar-refractivity contribution in [3.05, 3.63) is 0 Å². The number of rotatable bonds is 11. The van der Waals surface area contributed by atoms with Gasteiger partial charge in [-0.3, -0.25) is 20.4 Å². The third-order valence-corrected chi connectivity index (χ3v) is 1.77. The van der Waals surface area contributed by atoms with E-state index in [2.05, 4.69) is 0 Å². The number of hydrogen-bond donors (Lipinski definition) is 4. The maximum absolute atomic E-state index is 10.7. The molecule has 0 unspecified atom stereocenters. The van der Waals surface area contributed by atoms with E-state index in [4.69, 9.17) is 25.9 Å². The molecule has 0 saturated heterocycles. The predicted octanol–water partition coefficient (Wildman–Crippen LogP) is -2.59. The normalized spacial score (nSPS) is 10.1. The zero-order chi connectivity index (χ0) is 13.6. The fraction of sp³-hybridized carbons (Fsp3) is 0.778. The molecule has 106 valence electrons. The summed E-state index contributed by atoms with van der Waals surface area (Å²) in [4.78, 5) is 21.3. The molecule has 0 fully saturated rings. The van der Waals surface area contributed by atoms with Crippen LogP contribution in [0, 0.1) is 0 Å². The summed E-state index contributed by atoms with van der Waals surface area (Å²) in [5, 5.41) is 0. The summed E-state index contributed by atoms with van der Waals surface area (Å²) in [5.74, 6) is 9.06. The molecule has 0 rings (SSSR count). The lowest BCUT2D eigenvalue weighted by Crippen LogP contribution is -2.33. The second-order valence-corrected chi connectivity index (χ2v) is 3.16. The van der Waals surface area contributed by atoms with Crippen LogP contribution in [0.3, 0.4) is 0 Å². The zero-order valence-corrected chi connectivity index (χ0v) is 10.1. The Morgan fingerprint density at radius 2 is 1.28 bits per heavy atom. The van der Waals surface area contributed by atoms with E-state index in [1.54, 1.807) is 0 Å². The van der Waals surface area contributed by atoms with Crippen LogP contribution in [0.1, 0.15) is 6.42 Å². The minimum Gasteiger partial charge on any atom is -0.379 e. The van der Waals surface area contributed by atoms with Crippen LogP contribution >= 0.6 is 0 Å². The second-order valence-electron chi connectivity index (χ2n) is 3.16. The summed E-state index contributed by atoms with van der Waals surface area (Å²) in [5.41, 5.74) is 3.93. The minimum atomic E-state index is -0.392. The van der Waals surface area contributed by atoms with Crippen molar-refractivity contribution >= 4 is 11.8 Å². The first-order valence-electron chi connectivity index (χ1n) is 5.42. The molecule has 0 aliphatic carbocycles. The lowest BCUT2D eigenvalue weighted by atomic mass is 10.4. The Kier molecular flexibility index (Phi) is 11.3. The van der Waals surface area contributed by atoms with Gasteiger partial charge in [0.15, 0.2) is 0 Å². The van der Waals surface area contributed by atoms with Gasteiger partial charge in [-0.25, -0.2) is 11.7 Å². The van der Waals surface area contributed by atoms with Crippen LogP contribution in [-0.4, -0.2) is 51.5 Å². The van der Waals surface area contributed by atoms with E-state index >= 15 is 0 Å². The van der Waals surface area contributed by atoms with Crippen LogP contribution in [0.15, 0.2) is 0 Å². The summed E-state index contributed by atoms with van der Waals surface area (Å²) in [6.07, 6.45) is 0.216. The number of hydrazine groups is 2. The van der Waals surface area contributed by atoms with Gasteiger partial charge in [0, 0.05) is 0 Å². The second kappa shape index (κ2) is 12.2. The molecular weight excluding hydrogens is 244 g/mol. The van der Waals surface area contributed by atoms with Crippen molar-refractivity contribution in [2.75, 3.05) is 39.6 Å². The van der Waals surface area contributed by atoms with Gasteiger partial charge in [-0.1, -0.05) is 0 Å². The van der Waals surface area contributed by atoms with E-state index < -0.39 is 5.91 Å². The lowest BCUT2D eigenvalue weighted by molar-refractivity contribution is -0.126. The maximum atomic E-state index is 10.7. The Morgan fingerprint density at radius 1 is 0.778 bits per heavy atom. The van der Waals surface area contributed by atoms with E-state index in [-0.39, 0.29) is 18.9 Å². The number of amides is 2.